The van der Waals surface area contributed by atoms with Gasteiger partial charge < -0.3 is 9.47 Å². The van der Waals surface area contributed by atoms with Gasteiger partial charge in [-0.05, 0) is 25.1 Å². The van der Waals surface area contributed by atoms with Crippen LogP contribution in [-0.2, 0) is 0 Å². The van der Waals surface area contributed by atoms with Crippen LogP contribution in [0, 0.1) is 18.3 Å². The predicted molar refractivity (Wildman–Crippen MR) is 67.5 cm³/mol. The van der Waals surface area contributed by atoms with Crippen molar-refractivity contribution in [3.8, 4) is 28.7 Å². The topological polar surface area (TPSA) is 42.2 Å². The molecule has 1 aliphatic heterocycles. The lowest BCUT2D eigenvalue weighted by Gasteiger charge is -2.08. The molecule has 0 spiro atoms. The van der Waals surface area contributed by atoms with Gasteiger partial charge in [0.25, 0.3) is 0 Å². The Morgan fingerprint density at radius 2 is 2.00 bits per heavy atom. The van der Waals surface area contributed by atoms with Crippen molar-refractivity contribution in [1.82, 2.24) is 0 Å². The first-order valence-corrected chi connectivity index (χ1v) is 5.69. The summed E-state index contributed by atoms with van der Waals surface area (Å²) in [5.41, 5.74) is 3.55. The van der Waals surface area contributed by atoms with E-state index in [-0.39, 0.29) is 6.79 Å². The Hall–Kier alpha value is -2.47. The number of nitrogens with zero attached hydrogens (tertiary/aromatic N) is 1. The number of hydrogen-bond acceptors (Lipinski definition) is 3. The van der Waals surface area contributed by atoms with E-state index in [1.54, 1.807) is 0 Å². The highest BCUT2D eigenvalue weighted by Gasteiger charge is 2.19. The van der Waals surface area contributed by atoms with E-state index < -0.39 is 0 Å². The molecule has 0 N–H and O–H groups in total. The van der Waals surface area contributed by atoms with E-state index in [4.69, 9.17) is 9.47 Å². The third kappa shape index (κ3) is 1.59. The average Bonchev–Trinajstić information content (AvgIpc) is 2.86. The average molecular weight is 237 g/mol. The fourth-order valence-corrected chi connectivity index (χ4v) is 2.12. The highest BCUT2D eigenvalue weighted by atomic mass is 16.7. The molecule has 2 aromatic rings. The Bertz CT molecular complexity index is 656. The van der Waals surface area contributed by atoms with Crippen LogP contribution in [0.1, 0.15) is 11.1 Å². The van der Waals surface area contributed by atoms with Crippen LogP contribution in [0.2, 0.25) is 0 Å². The van der Waals surface area contributed by atoms with Crippen LogP contribution in [0.3, 0.4) is 0 Å². The summed E-state index contributed by atoms with van der Waals surface area (Å²) in [5, 5.41) is 9.20. The maximum atomic E-state index is 9.20. The minimum absolute atomic E-state index is 0.236. The molecule has 0 saturated carbocycles. The fraction of sp³-hybridized carbons (Fsp3) is 0.133. The Kier molecular flexibility index (Phi) is 2.42. The minimum Gasteiger partial charge on any atom is -0.454 e. The summed E-state index contributed by atoms with van der Waals surface area (Å²) in [4.78, 5) is 0. The Morgan fingerprint density at radius 3 is 2.83 bits per heavy atom. The molecule has 1 heterocycles. The van der Waals surface area contributed by atoms with Crippen molar-refractivity contribution in [3.63, 3.8) is 0 Å². The van der Waals surface area contributed by atoms with E-state index in [0.29, 0.717) is 5.56 Å². The van der Waals surface area contributed by atoms with Crippen molar-refractivity contribution >= 4 is 0 Å². The molecule has 0 saturated heterocycles. The Labute approximate surface area is 105 Å². The second kappa shape index (κ2) is 4.08. The number of fused-ring (bicyclic) bond motifs is 1. The van der Waals surface area contributed by atoms with Gasteiger partial charge in [-0.3, -0.25) is 0 Å². The van der Waals surface area contributed by atoms with Gasteiger partial charge in [0.15, 0.2) is 11.5 Å². The van der Waals surface area contributed by atoms with E-state index in [1.807, 2.05) is 43.3 Å². The van der Waals surface area contributed by atoms with E-state index in [0.717, 1.165) is 28.2 Å². The summed E-state index contributed by atoms with van der Waals surface area (Å²) in [5.74, 6) is 1.46. The van der Waals surface area contributed by atoms with Gasteiger partial charge in [0.2, 0.25) is 6.79 Å². The molecule has 3 heteroatoms. The molecule has 0 aliphatic carbocycles. The monoisotopic (exact) mass is 237 g/mol. The van der Waals surface area contributed by atoms with Crippen LogP contribution < -0.4 is 9.47 Å². The molecular weight excluding hydrogens is 226 g/mol. The van der Waals surface area contributed by atoms with Crippen molar-refractivity contribution in [2.75, 3.05) is 6.79 Å². The Morgan fingerprint density at radius 1 is 1.11 bits per heavy atom. The van der Waals surface area contributed by atoms with Gasteiger partial charge in [-0.15, -0.1) is 0 Å². The Balaban J connectivity index is 2.25. The second-order valence-electron chi connectivity index (χ2n) is 4.20. The molecular formula is C15H11NO2. The summed E-state index contributed by atoms with van der Waals surface area (Å²) >= 11 is 0. The zero-order valence-corrected chi connectivity index (χ0v) is 9.93. The van der Waals surface area contributed by atoms with Crippen LogP contribution >= 0.6 is 0 Å². The molecule has 0 unspecified atom stereocenters. The van der Waals surface area contributed by atoms with E-state index in [1.165, 1.54) is 0 Å². The molecule has 0 aromatic heterocycles. The quantitative estimate of drug-likeness (QED) is 0.764. The highest BCUT2D eigenvalue weighted by molar-refractivity contribution is 5.79. The summed E-state index contributed by atoms with van der Waals surface area (Å²) in [7, 11) is 0. The molecule has 0 radical (unpaired) electrons. The molecule has 3 rings (SSSR count). The summed E-state index contributed by atoms with van der Waals surface area (Å²) in [6.45, 7) is 2.24. The lowest BCUT2D eigenvalue weighted by atomic mass is 9.97. The predicted octanol–water partition coefficient (Wildman–Crippen LogP) is 3.26. The van der Waals surface area contributed by atoms with Crippen LogP contribution in [0.15, 0.2) is 36.4 Å². The van der Waals surface area contributed by atoms with E-state index >= 15 is 0 Å². The first-order chi connectivity index (χ1) is 8.79. The van der Waals surface area contributed by atoms with Crippen LogP contribution in [0.5, 0.6) is 11.5 Å². The zero-order valence-electron chi connectivity index (χ0n) is 9.93. The molecule has 2 aromatic carbocycles. The van der Waals surface area contributed by atoms with Gasteiger partial charge >= 0.3 is 0 Å². The van der Waals surface area contributed by atoms with Gasteiger partial charge in [0.1, 0.15) is 0 Å². The molecule has 0 amide bonds. The van der Waals surface area contributed by atoms with E-state index in [9.17, 15) is 5.26 Å². The molecule has 0 fully saturated rings. The first-order valence-electron chi connectivity index (χ1n) is 5.69. The minimum atomic E-state index is 0.236. The van der Waals surface area contributed by atoms with Crippen molar-refractivity contribution < 1.29 is 9.47 Å². The smallest absolute Gasteiger partial charge is 0.231 e. The first kappa shape index (κ1) is 10.7. The van der Waals surface area contributed by atoms with Gasteiger partial charge in [0.05, 0.1) is 11.6 Å². The maximum absolute atomic E-state index is 9.20. The third-order valence-electron chi connectivity index (χ3n) is 2.98. The second-order valence-corrected chi connectivity index (χ2v) is 4.20. The normalized spacial score (nSPS) is 12.2. The van der Waals surface area contributed by atoms with Gasteiger partial charge in [-0.1, -0.05) is 23.8 Å². The number of hydrogen-bond donors (Lipinski definition) is 0. The van der Waals surface area contributed by atoms with Crippen LogP contribution in [-0.4, -0.2) is 6.79 Å². The van der Waals surface area contributed by atoms with Crippen LogP contribution in [0.4, 0.5) is 0 Å². The summed E-state index contributed by atoms with van der Waals surface area (Å²) in [6, 6.07) is 13.7. The third-order valence-corrected chi connectivity index (χ3v) is 2.98. The van der Waals surface area contributed by atoms with Gasteiger partial charge in [0, 0.05) is 11.1 Å². The number of aryl methyl sites for hydroxylation is 1. The zero-order chi connectivity index (χ0) is 12.5. The van der Waals surface area contributed by atoms with Gasteiger partial charge in [-0.2, -0.15) is 5.26 Å². The fourth-order valence-electron chi connectivity index (χ4n) is 2.12. The number of ether oxygens (including phenoxy) is 2. The van der Waals surface area contributed by atoms with Crippen LogP contribution in [0.25, 0.3) is 11.1 Å². The molecule has 0 atom stereocenters. The molecule has 1 aliphatic rings. The van der Waals surface area contributed by atoms with Crippen molar-refractivity contribution in [2.45, 2.75) is 6.92 Å². The van der Waals surface area contributed by atoms with Gasteiger partial charge in [-0.25, -0.2) is 0 Å². The number of benzene rings is 2. The summed E-state index contributed by atoms with van der Waals surface area (Å²) < 4.78 is 10.9. The number of nitriles is 1. The molecule has 88 valence electrons. The molecule has 3 nitrogen and oxygen atoms in total. The van der Waals surface area contributed by atoms with Crippen molar-refractivity contribution in [3.05, 3.63) is 47.5 Å². The SMILES string of the molecule is Cc1ccc(C#N)c(-c2cccc3c2OCO3)c1. The van der Waals surface area contributed by atoms with Crippen molar-refractivity contribution in [1.29, 1.82) is 5.26 Å². The lowest BCUT2D eigenvalue weighted by molar-refractivity contribution is 0.174. The lowest BCUT2D eigenvalue weighted by Crippen LogP contribution is -1.94. The number of para-hydroxylation sites is 1. The largest absolute Gasteiger partial charge is 0.454 e. The number of rotatable bonds is 1. The van der Waals surface area contributed by atoms with E-state index in [2.05, 4.69) is 6.07 Å². The van der Waals surface area contributed by atoms with Crippen molar-refractivity contribution in [2.24, 2.45) is 0 Å². The summed E-state index contributed by atoms with van der Waals surface area (Å²) in [6.07, 6.45) is 0. The molecule has 0 bridgehead atoms. The molecule has 18 heavy (non-hydrogen) atoms. The maximum Gasteiger partial charge on any atom is 0.231 e. The standard InChI is InChI=1S/C15H11NO2/c1-10-5-6-11(8-16)13(7-10)12-3-2-4-14-15(12)18-9-17-14/h2-7H,9H2,1H3. The highest BCUT2D eigenvalue weighted by Crippen LogP contribution is 2.42.